The maximum atomic E-state index is 13.2. The van der Waals surface area contributed by atoms with Gasteiger partial charge in [0.05, 0.1) is 5.92 Å². The van der Waals surface area contributed by atoms with Crippen LogP contribution in [0.25, 0.3) is 0 Å². The number of hydrogen-bond acceptors (Lipinski definition) is 6. The summed E-state index contributed by atoms with van der Waals surface area (Å²) < 4.78 is 33.5. The van der Waals surface area contributed by atoms with Crippen LogP contribution in [-0.4, -0.2) is 61.9 Å². The van der Waals surface area contributed by atoms with Crippen molar-refractivity contribution >= 4 is 23.5 Å². The first-order valence-electron chi connectivity index (χ1n) is 12.3. The molecular formula is C26H27F3N6O4. The molecule has 1 saturated carbocycles. The number of pyridine rings is 1. The van der Waals surface area contributed by atoms with Gasteiger partial charge in [-0.3, -0.25) is 19.3 Å². The summed E-state index contributed by atoms with van der Waals surface area (Å²) in [5, 5.41) is 14.8. The van der Waals surface area contributed by atoms with E-state index in [1.165, 1.54) is 12.8 Å². The number of carboxylic acids is 1. The van der Waals surface area contributed by atoms with E-state index in [-0.39, 0.29) is 23.8 Å². The number of amides is 2. The Bertz CT molecular complexity index is 1360. The molecule has 0 saturated heterocycles. The van der Waals surface area contributed by atoms with Gasteiger partial charge >= 0.3 is 12.1 Å². The van der Waals surface area contributed by atoms with E-state index in [1.54, 1.807) is 41.7 Å². The summed E-state index contributed by atoms with van der Waals surface area (Å²) in [6, 6.07) is 11.0. The molecule has 2 amide bonds. The average Bonchev–Trinajstić information content (AvgIpc) is 3.46. The van der Waals surface area contributed by atoms with E-state index in [9.17, 15) is 22.8 Å². The number of aliphatic carboxylic acids is 1. The summed E-state index contributed by atoms with van der Waals surface area (Å²) >= 11 is 0. The molecule has 1 fully saturated rings. The Balaban J connectivity index is 0.000000448. The number of fused-ring (bicyclic) bond motifs is 1. The molecule has 0 bridgehead atoms. The molecule has 5 rings (SSSR count). The number of nitrogens with one attached hydrogen (secondary N) is 1. The monoisotopic (exact) mass is 544 g/mol. The predicted octanol–water partition coefficient (Wildman–Crippen LogP) is 3.82. The molecule has 2 aromatic heterocycles. The summed E-state index contributed by atoms with van der Waals surface area (Å²) in [4.78, 5) is 45.3. The highest BCUT2D eigenvalue weighted by Gasteiger charge is 2.38. The van der Waals surface area contributed by atoms with Crippen LogP contribution in [0.1, 0.15) is 70.9 Å². The second-order valence-corrected chi connectivity index (χ2v) is 9.59. The maximum absolute atomic E-state index is 13.2. The van der Waals surface area contributed by atoms with Gasteiger partial charge in [0.15, 0.2) is 5.82 Å². The van der Waals surface area contributed by atoms with E-state index in [1.807, 2.05) is 30.7 Å². The third-order valence-corrected chi connectivity index (χ3v) is 6.31. The Hall–Kier alpha value is -4.29. The summed E-state index contributed by atoms with van der Waals surface area (Å²) in [6.07, 6.45) is 0.610. The number of alkyl halides is 3. The molecule has 206 valence electrons. The molecule has 3 aromatic rings. The molecular weight excluding hydrogens is 517 g/mol. The topological polar surface area (TPSA) is 130 Å². The molecule has 1 unspecified atom stereocenters. The molecule has 39 heavy (non-hydrogen) atoms. The van der Waals surface area contributed by atoms with Crippen molar-refractivity contribution in [3.05, 3.63) is 71.6 Å². The predicted molar refractivity (Wildman–Crippen MR) is 133 cm³/mol. The third kappa shape index (κ3) is 6.59. The first-order chi connectivity index (χ1) is 18.5. The first-order valence-corrected chi connectivity index (χ1v) is 12.3. The lowest BCUT2D eigenvalue weighted by molar-refractivity contribution is -0.192. The Morgan fingerprint density at radius 3 is 2.41 bits per heavy atom. The van der Waals surface area contributed by atoms with E-state index in [4.69, 9.17) is 9.90 Å². The summed E-state index contributed by atoms with van der Waals surface area (Å²) in [7, 11) is 0. The number of hydrogen-bond donors (Lipinski definition) is 2. The lowest BCUT2D eigenvalue weighted by atomic mass is 9.98. The Kier molecular flexibility index (Phi) is 7.98. The van der Waals surface area contributed by atoms with Gasteiger partial charge in [0.25, 0.3) is 11.8 Å². The fraction of sp³-hybridized carbons (Fsp3) is 0.385. The highest BCUT2D eigenvalue weighted by Crippen LogP contribution is 2.40. The molecule has 2 N–H and O–H groups in total. The third-order valence-electron chi connectivity index (χ3n) is 6.31. The number of aromatic nitrogens is 4. The van der Waals surface area contributed by atoms with E-state index >= 15 is 0 Å². The number of carbonyl (C=O) groups is 3. The van der Waals surface area contributed by atoms with Crippen molar-refractivity contribution in [1.29, 1.82) is 0 Å². The second-order valence-electron chi connectivity index (χ2n) is 9.59. The number of rotatable bonds is 6. The lowest BCUT2D eigenvalue weighted by Gasteiger charge is -2.17. The zero-order valence-electron chi connectivity index (χ0n) is 21.2. The van der Waals surface area contributed by atoms with Gasteiger partial charge in [-0.2, -0.15) is 18.3 Å². The normalized spacial score (nSPS) is 16.4. The van der Waals surface area contributed by atoms with Crippen molar-refractivity contribution in [1.82, 2.24) is 25.1 Å². The smallest absolute Gasteiger partial charge is 0.475 e. The molecule has 0 radical (unpaired) electrons. The van der Waals surface area contributed by atoms with Crippen LogP contribution in [-0.2, 0) is 4.79 Å². The fourth-order valence-electron chi connectivity index (χ4n) is 4.00. The molecule has 1 atom stereocenters. The van der Waals surface area contributed by atoms with E-state index < -0.39 is 12.1 Å². The Morgan fingerprint density at radius 1 is 1.13 bits per heavy atom. The SMILES string of the molecule is CC(C)n1cnc(C2CN(C(=O)c3ccccn3)c3ccc(C(=O)NCC4CC4)cc32)n1.O=C(O)C(F)(F)F. The van der Waals surface area contributed by atoms with Crippen LogP contribution >= 0.6 is 0 Å². The minimum atomic E-state index is -5.08. The van der Waals surface area contributed by atoms with Gasteiger partial charge in [0, 0.05) is 36.6 Å². The zero-order chi connectivity index (χ0) is 28.3. The molecule has 1 aromatic carbocycles. The number of carbonyl (C=O) groups excluding carboxylic acids is 2. The Labute approximate surface area is 221 Å². The van der Waals surface area contributed by atoms with Crippen molar-refractivity contribution in [3.63, 3.8) is 0 Å². The zero-order valence-corrected chi connectivity index (χ0v) is 21.2. The number of carboxylic acid groups (broad SMARTS) is 1. The maximum Gasteiger partial charge on any atom is 0.490 e. The van der Waals surface area contributed by atoms with Crippen LogP contribution in [0.5, 0.6) is 0 Å². The van der Waals surface area contributed by atoms with Crippen LogP contribution in [0.15, 0.2) is 48.9 Å². The number of nitrogens with zero attached hydrogens (tertiary/aromatic N) is 5. The number of benzene rings is 1. The minimum absolute atomic E-state index is 0.0892. The standard InChI is InChI=1S/C24H26N6O2.C2HF3O2/c1-15(2)30-14-27-22(28-30)19-13-29(24(32)20-5-3-4-10-25-20)21-9-8-17(11-18(19)21)23(31)26-12-16-6-7-16;3-2(4,5)1(6)7/h3-5,8-11,14-16,19H,6-7,12-13H2,1-2H3,(H,26,31);(H,6,7). The summed E-state index contributed by atoms with van der Waals surface area (Å²) in [5.74, 6) is -1.98. The number of halogens is 3. The van der Waals surface area contributed by atoms with Gasteiger partial charge in [0.2, 0.25) is 0 Å². The minimum Gasteiger partial charge on any atom is -0.475 e. The molecule has 3 heterocycles. The highest BCUT2D eigenvalue weighted by atomic mass is 19.4. The van der Waals surface area contributed by atoms with E-state index in [2.05, 4.69) is 20.4 Å². The van der Waals surface area contributed by atoms with Crippen molar-refractivity contribution in [2.45, 2.75) is 44.8 Å². The van der Waals surface area contributed by atoms with Gasteiger partial charge in [-0.25, -0.2) is 9.78 Å². The quantitative estimate of drug-likeness (QED) is 0.483. The molecule has 0 spiro atoms. The van der Waals surface area contributed by atoms with Crippen LogP contribution in [0, 0.1) is 5.92 Å². The fourth-order valence-corrected chi connectivity index (χ4v) is 4.00. The molecule has 13 heteroatoms. The van der Waals surface area contributed by atoms with Gasteiger partial charge < -0.3 is 15.3 Å². The summed E-state index contributed by atoms with van der Waals surface area (Å²) in [5.41, 5.74) is 2.62. The summed E-state index contributed by atoms with van der Waals surface area (Å²) in [6.45, 7) is 5.20. The molecule has 2 aliphatic rings. The number of anilines is 1. The van der Waals surface area contributed by atoms with Gasteiger partial charge in [-0.15, -0.1) is 0 Å². The molecule has 1 aliphatic heterocycles. The average molecular weight is 545 g/mol. The van der Waals surface area contributed by atoms with Gasteiger partial charge in [0.1, 0.15) is 12.0 Å². The first kappa shape index (κ1) is 27.7. The van der Waals surface area contributed by atoms with Crippen molar-refractivity contribution in [2.24, 2.45) is 5.92 Å². The molecule has 10 nitrogen and oxygen atoms in total. The van der Waals surface area contributed by atoms with E-state index in [0.717, 1.165) is 11.3 Å². The van der Waals surface area contributed by atoms with E-state index in [0.29, 0.717) is 36.1 Å². The Morgan fingerprint density at radius 2 is 1.85 bits per heavy atom. The largest absolute Gasteiger partial charge is 0.490 e. The van der Waals surface area contributed by atoms with Crippen molar-refractivity contribution < 1.29 is 32.7 Å². The van der Waals surface area contributed by atoms with Crippen LogP contribution < -0.4 is 10.2 Å². The second kappa shape index (κ2) is 11.2. The van der Waals surface area contributed by atoms with Gasteiger partial charge in [-0.05, 0) is 68.5 Å². The van der Waals surface area contributed by atoms with Crippen LogP contribution in [0.4, 0.5) is 18.9 Å². The van der Waals surface area contributed by atoms with Crippen LogP contribution in [0.3, 0.4) is 0 Å². The highest BCUT2D eigenvalue weighted by molar-refractivity contribution is 6.07. The molecule has 1 aliphatic carbocycles. The van der Waals surface area contributed by atoms with Crippen LogP contribution in [0.2, 0.25) is 0 Å². The lowest BCUT2D eigenvalue weighted by Crippen LogP contribution is -2.30. The van der Waals surface area contributed by atoms with Crippen molar-refractivity contribution in [3.8, 4) is 0 Å². The van der Waals surface area contributed by atoms with Crippen molar-refractivity contribution in [2.75, 3.05) is 18.0 Å². The van der Waals surface area contributed by atoms with Gasteiger partial charge in [-0.1, -0.05) is 6.07 Å².